The van der Waals surface area contributed by atoms with Crippen LogP contribution in [0.15, 0.2) is 33.1 Å². The zero-order chi connectivity index (χ0) is 17.2. The van der Waals surface area contributed by atoms with E-state index in [1.165, 1.54) is 57.8 Å². The van der Waals surface area contributed by atoms with E-state index < -0.39 is 0 Å². The van der Waals surface area contributed by atoms with E-state index >= 15 is 0 Å². The van der Waals surface area contributed by atoms with Gasteiger partial charge in [0.05, 0.1) is 5.92 Å². The lowest BCUT2D eigenvalue weighted by atomic mass is 9.95. The first-order valence-electron chi connectivity index (χ1n) is 9.83. The Hall–Kier alpha value is -1.44. The van der Waals surface area contributed by atoms with Crippen molar-refractivity contribution in [3.63, 3.8) is 0 Å². The van der Waals surface area contributed by atoms with Gasteiger partial charge < -0.3 is 8.83 Å². The van der Waals surface area contributed by atoms with Crippen LogP contribution in [0.2, 0.25) is 0 Å². The van der Waals surface area contributed by atoms with Crippen LogP contribution in [0.25, 0.3) is 0 Å². The Morgan fingerprint density at radius 1 is 0.667 bits per heavy atom. The molecule has 2 aromatic heterocycles. The molecule has 2 heteroatoms. The van der Waals surface area contributed by atoms with Crippen LogP contribution >= 0.6 is 0 Å². The van der Waals surface area contributed by atoms with Gasteiger partial charge in [-0.05, 0) is 44.5 Å². The molecule has 0 amide bonds. The van der Waals surface area contributed by atoms with Gasteiger partial charge in [-0.15, -0.1) is 0 Å². The van der Waals surface area contributed by atoms with Crippen molar-refractivity contribution in [3.05, 3.63) is 47.3 Å². The van der Waals surface area contributed by atoms with Gasteiger partial charge in [-0.2, -0.15) is 0 Å². The van der Waals surface area contributed by atoms with Crippen molar-refractivity contribution in [2.45, 2.75) is 90.9 Å². The molecule has 0 bridgehead atoms. The highest BCUT2D eigenvalue weighted by Gasteiger charge is 2.20. The quantitative estimate of drug-likeness (QED) is 0.376. The summed E-state index contributed by atoms with van der Waals surface area (Å²) in [5.41, 5.74) is 0. The minimum atomic E-state index is 0.261. The molecule has 0 saturated heterocycles. The van der Waals surface area contributed by atoms with E-state index in [9.17, 15) is 0 Å². The van der Waals surface area contributed by atoms with Crippen LogP contribution in [-0.4, -0.2) is 0 Å². The van der Waals surface area contributed by atoms with Crippen molar-refractivity contribution in [3.8, 4) is 0 Å². The second kappa shape index (κ2) is 10.4. The summed E-state index contributed by atoms with van der Waals surface area (Å²) in [6.07, 6.45) is 13.3. The Morgan fingerprint density at radius 3 is 1.54 bits per heavy atom. The fraction of sp³-hybridized carbons (Fsp3) is 0.636. The van der Waals surface area contributed by atoms with Gasteiger partial charge in [-0.25, -0.2) is 0 Å². The number of unbranched alkanes of at least 4 members (excludes halogenated alkanes) is 8. The molecule has 0 aliphatic heterocycles. The highest BCUT2D eigenvalue weighted by molar-refractivity contribution is 5.22. The van der Waals surface area contributed by atoms with E-state index in [2.05, 4.69) is 31.2 Å². The lowest BCUT2D eigenvalue weighted by Crippen LogP contribution is -1.99. The predicted octanol–water partition coefficient (Wildman–Crippen LogP) is 7.54. The molecule has 2 aromatic rings. The Kier molecular flexibility index (Phi) is 8.21. The summed E-state index contributed by atoms with van der Waals surface area (Å²) in [5.74, 6) is 4.30. The maximum Gasteiger partial charge on any atom is 0.114 e. The molecular weight excluding hydrogens is 296 g/mol. The zero-order valence-electron chi connectivity index (χ0n) is 15.8. The minimum absolute atomic E-state index is 0.261. The summed E-state index contributed by atoms with van der Waals surface area (Å²) >= 11 is 0. The molecule has 134 valence electrons. The molecule has 2 rings (SSSR count). The molecule has 24 heavy (non-hydrogen) atoms. The summed E-state index contributed by atoms with van der Waals surface area (Å²) in [6, 6.07) is 8.31. The van der Waals surface area contributed by atoms with Crippen molar-refractivity contribution in [1.29, 1.82) is 0 Å². The van der Waals surface area contributed by atoms with Crippen LogP contribution < -0.4 is 0 Å². The van der Waals surface area contributed by atoms with Crippen LogP contribution in [0.4, 0.5) is 0 Å². The highest BCUT2D eigenvalue weighted by atomic mass is 16.4. The second-order valence-corrected chi connectivity index (χ2v) is 7.07. The van der Waals surface area contributed by atoms with Crippen LogP contribution in [0.5, 0.6) is 0 Å². The second-order valence-electron chi connectivity index (χ2n) is 7.07. The fourth-order valence-corrected chi connectivity index (χ4v) is 3.37. The van der Waals surface area contributed by atoms with Crippen LogP contribution in [0, 0.1) is 13.8 Å². The minimum Gasteiger partial charge on any atom is -0.466 e. The SMILES string of the molecule is CCCCCCCCCCCC(c1ccc(C)o1)c1ccc(C)o1. The third-order valence-electron chi connectivity index (χ3n) is 4.81. The largest absolute Gasteiger partial charge is 0.466 e. The summed E-state index contributed by atoms with van der Waals surface area (Å²) in [7, 11) is 0. The van der Waals surface area contributed by atoms with Crippen LogP contribution in [0.3, 0.4) is 0 Å². The molecule has 0 N–H and O–H groups in total. The molecule has 0 fully saturated rings. The first kappa shape index (κ1) is 18.9. The number of hydrogen-bond donors (Lipinski definition) is 0. The first-order chi connectivity index (χ1) is 11.7. The summed E-state index contributed by atoms with van der Waals surface area (Å²) in [5, 5.41) is 0. The van der Waals surface area contributed by atoms with Crippen LogP contribution in [0.1, 0.15) is 100 Å². The average molecular weight is 331 g/mol. The van der Waals surface area contributed by atoms with E-state index in [0.29, 0.717) is 0 Å². The van der Waals surface area contributed by atoms with Gasteiger partial charge >= 0.3 is 0 Å². The third kappa shape index (κ3) is 6.22. The van der Waals surface area contributed by atoms with E-state index in [0.717, 1.165) is 29.5 Å². The molecule has 0 aromatic carbocycles. The standard InChI is InChI=1S/C22H34O2/c1-4-5-6-7-8-9-10-11-12-13-20(21-16-14-18(2)23-21)22-17-15-19(3)24-22/h14-17,20H,4-13H2,1-3H3. The van der Waals surface area contributed by atoms with Gasteiger partial charge in [0, 0.05) is 0 Å². The molecular formula is C22H34O2. The van der Waals surface area contributed by atoms with E-state index in [1.807, 2.05) is 13.8 Å². The summed E-state index contributed by atoms with van der Waals surface area (Å²) in [4.78, 5) is 0. The van der Waals surface area contributed by atoms with Gasteiger partial charge in [0.1, 0.15) is 23.0 Å². The highest BCUT2D eigenvalue weighted by Crippen LogP contribution is 2.32. The predicted molar refractivity (Wildman–Crippen MR) is 101 cm³/mol. The van der Waals surface area contributed by atoms with E-state index in [-0.39, 0.29) is 5.92 Å². The first-order valence-corrected chi connectivity index (χ1v) is 9.83. The van der Waals surface area contributed by atoms with Crippen molar-refractivity contribution in [1.82, 2.24) is 0 Å². The number of furan rings is 2. The Labute approximate surface area is 147 Å². The van der Waals surface area contributed by atoms with Gasteiger partial charge in [-0.3, -0.25) is 0 Å². The number of rotatable bonds is 12. The van der Waals surface area contributed by atoms with Gasteiger partial charge in [0.15, 0.2) is 0 Å². The summed E-state index contributed by atoms with van der Waals surface area (Å²) in [6.45, 7) is 6.29. The Bertz CT molecular complexity index is 524. The molecule has 0 aliphatic rings. The number of aryl methyl sites for hydroxylation is 2. The molecule has 0 atom stereocenters. The normalized spacial score (nSPS) is 11.5. The molecule has 2 nitrogen and oxygen atoms in total. The van der Waals surface area contributed by atoms with Gasteiger partial charge in [-0.1, -0.05) is 64.7 Å². The molecule has 0 spiro atoms. The number of hydrogen-bond acceptors (Lipinski definition) is 2. The van der Waals surface area contributed by atoms with Crippen molar-refractivity contribution >= 4 is 0 Å². The van der Waals surface area contributed by atoms with Crippen LogP contribution in [-0.2, 0) is 0 Å². The van der Waals surface area contributed by atoms with Crippen molar-refractivity contribution < 1.29 is 8.83 Å². The topological polar surface area (TPSA) is 26.3 Å². The van der Waals surface area contributed by atoms with E-state index in [4.69, 9.17) is 8.83 Å². The average Bonchev–Trinajstić information content (AvgIpc) is 3.18. The third-order valence-corrected chi connectivity index (χ3v) is 4.81. The van der Waals surface area contributed by atoms with Crippen molar-refractivity contribution in [2.75, 3.05) is 0 Å². The Balaban J connectivity index is 1.74. The lowest BCUT2D eigenvalue weighted by Gasteiger charge is -2.12. The lowest BCUT2D eigenvalue weighted by molar-refractivity contribution is 0.390. The molecule has 2 heterocycles. The fourth-order valence-electron chi connectivity index (χ4n) is 3.37. The summed E-state index contributed by atoms with van der Waals surface area (Å²) < 4.78 is 11.8. The Morgan fingerprint density at radius 2 is 1.12 bits per heavy atom. The molecule has 0 unspecified atom stereocenters. The molecule has 0 radical (unpaired) electrons. The maximum atomic E-state index is 5.88. The smallest absolute Gasteiger partial charge is 0.114 e. The molecule has 0 aliphatic carbocycles. The molecule has 0 saturated carbocycles. The van der Waals surface area contributed by atoms with Crippen molar-refractivity contribution in [2.24, 2.45) is 0 Å². The van der Waals surface area contributed by atoms with E-state index in [1.54, 1.807) is 0 Å². The monoisotopic (exact) mass is 330 g/mol. The van der Waals surface area contributed by atoms with Gasteiger partial charge in [0.2, 0.25) is 0 Å². The maximum absolute atomic E-state index is 5.88. The zero-order valence-corrected chi connectivity index (χ0v) is 15.8. The van der Waals surface area contributed by atoms with Gasteiger partial charge in [0.25, 0.3) is 0 Å².